The molecule has 0 spiro atoms. The molecule has 4 rings (SSSR count). The number of rotatable bonds is 4. The number of nitrogens with one attached hydrogen (secondary N) is 5. The second-order valence-electron chi connectivity index (χ2n) is 6.31. The van der Waals surface area contributed by atoms with Crippen molar-refractivity contribution in [1.82, 2.24) is 25.3 Å². The van der Waals surface area contributed by atoms with E-state index in [-0.39, 0.29) is 29.7 Å². The number of carbonyl (C=O) groups excluding carboxylic acids is 1. The topological polar surface area (TPSA) is 126 Å². The van der Waals surface area contributed by atoms with E-state index in [1.54, 1.807) is 18.2 Å². The predicted octanol–water partition coefficient (Wildman–Crippen LogP) is 1.45. The number of carbonyl (C=O) groups is 1. The summed E-state index contributed by atoms with van der Waals surface area (Å²) in [7, 11) is 0. The van der Waals surface area contributed by atoms with E-state index < -0.39 is 0 Å². The van der Waals surface area contributed by atoms with Crippen molar-refractivity contribution in [3.05, 3.63) is 68.5 Å². The molecule has 0 aliphatic rings. The minimum absolute atomic E-state index is 0.127. The van der Waals surface area contributed by atoms with Gasteiger partial charge in [0, 0.05) is 0 Å². The third-order valence-electron chi connectivity index (χ3n) is 4.36. The van der Waals surface area contributed by atoms with Gasteiger partial charge in [-0.2, -0.15) is 0 Å². The molecule has 2 heterocycles. The molecule has 8 nitrogen and oxygen atoms in total. The Balaban J connectivity index is 1.48. The molecule has 0 radical (unpaired) electrons. The number of benzene rings is 2. The number of aromatic amines is 4. The number of hydrogen-bond acceptors (Lipinski definition) is 3. The molecule has 1 amide bonds. The average molecular weight is 351 g/mol. The van der Waals surface area contributed by atoms with Crippen molar-refractivity contribution < 1.29 is 4.79 Å². The molecule has 0 saturated carbocycles. The van der Waals surface area contributed by atoms with Crippen LogP contribution >= 0.6 is 0 Å². The molecule has 0 saturated heterocycles. The number of amides is 1. The van der Waals surface area contributed by atoms with Gasteiger partial charge in [-0.25, -0.2) is 9.59 Å². The van der Waals surface area contributed by atoms with E-state index in [0.717, 1.165) is 16.6 Å². The van der Waals surface area contributed by atoms with Crippen LogP contribution in [0.25, 0.3) is 22.1 Å². The summed E-state index contributed by atoms with van der Waals surface area (Å²) in [6, 6.07) is 10.7. The van der Waals surface area contributed by atoms with Crippen LogP contribution in [0.15, 0.2) is 46.0 Å². The minimum atomic E-state index is -0.270. The molecule has 0 aliphatic carbocycles. The van der Waals surface area contributed by atoms with Gasteiger partial charge in [0.25, 0.3) is 0 Å². The molecule has 1 atom stereocenters. The van der Waals surface area contributed by atoms with Crippen molar-refractivity contribution in [2.45, 2.75) is 19.4 Å². The van der Waals surface area contributed by atoms with E-state index >= 15 is 0 Å². The van der Waals surface area contributed by atoms with E-state index in [1.165, 1.54) is 0 Å². The number of fused-ring (bicyclic) bond motifs is 2. The second kappa shape index (κ2) is 6.07. The first-order valence-corrected chi connectivity index (χ1v) is 8.20. The normalized spacial score (nSPS) is 12.5. The number of hydrogen-bond donors (Lipinski definition) is 5. The maximum absolute atomic E-state index is 12.4. The first kappa shape index (κ1) is 15.9. The van der Waals surface area contributed by atoms with Gasteiger partial charge < -0.3 is 25.3 Å². The summed E-state index contributed by atoms with van der Waals surface area (Å²) in [6.07, 6.45) is 0.205. The van der Waals surface area contributed by atoms with Gasteiger partial charge in [0.05, 0.1) is 34.5 Å². The Morgan fingerprint density at radius 1 is 0.885 bits per heavy atom. The second-order valence-corrected chi connectivity index (χ2v) is 6.31. The van der Waals surface area contributed by atoms with Crippen LogP contribution in [0.3, 0.4) is 0 Å². The highest BCUT2D eigenvalue weighted by Crippen LogP contribution is 2.17. The first-order valence-electron chi connectivity index (χ1n) is 8.20. The lowest BCUT2D eigenvalue weighted by molar-refractivity contribution is -0.121. The van der Waals surface area contributed by atoms with Crippen molar-refractivity contribution >= 4 is 28.0 Å². The lowest BCUT2D eigenvalue weighted by atomic mass is 10.1. The Kier molecular flexibility index (Phi) is 3.72. The van der Waals surface area contributed by atoms with Crippen molar-refractivity contribution in [3.8, 4) is 0 Å². The molecule has 5 N–H and O–H groups in total. The van der Waals surface area contributed by atoms with Gasteiger partial charge in [-0.3, -0.25) is 4.79 Å². The van der Waals surface area contributed by atoms with Gasteiger partial charge in [0.1, 0.15) is 0 Å². The van der Waals surface area contributed by atoms with Gasteiger partial charge in [-0.1, -0.05) is 12.1 Å². The van der Waals surface area contributed by atoms with Crippen LogP contribution in [0, 0.1) is 0 Å². The Labute approximate surface area is 146 Å². The minimum Gasteiger partial charge on any atom is -0.349 e. The van der Waals surface area contributed by atoms with E-state index in [1.807, 2.05) is 25.1 Å². The Hall–Kier alpha value is -3.55. The summed E-state index contributed by atoms with van der Waals surface area (Å²) in [5.74, 6) is -0.127. The van der Waals surface area contributed by atoms with Gasteiger partial charge >= 0.3 is 11.4 Å². The summed E-state index contributed by atoms with van der Waals surface area (Å²) >= 11 is 0. The van der Waals surface area contributed by atoms with E-state index in [9.17, 15) is 14.4 Å². The summed E-state index contributed by atoms with van der Waals surface area (Å²) in [5, 5.41) is 2.95. The van der Waals surface area contributed by atoms with Gasteiger partial charge in [0.15, 0.2) is 0 Å². The monoisotopic (exact) mass is 351 g/mol. The van der Waals surface area contributed by atoms with E-state index in [0.29, 0.717) is 16.6 Å². The zero-order valence-electron chi connectivity index (χ0n) is 14.0. The number of aromatic nitrogens is 4. The van der Waals surface area contributed by atoms with Gasteiger partial charge in [-0.05, 0) is 42.3 Å². The molecule has 0 bridgehead atoms. The van der Waals surface area contributed by atoms with E-state index in [4.69, 9.17) is 0 Å². The predicted molar refractivity (Wildman–Crippen MR) is 98.1 cm³/mol. The summed E-state index contributed by atoms with van der Waals surface area (Å²) in [4.78, 5) is 45.7. The fraction of sp³-hybridized carbons (Fsp3) is 0.167. The smallest absolute Gasteiger partial charge is 0.323 e. The Morgan fingerprint density at radius 2 is 1.46 bits per heavy atom. The fourth-order valence-electron chi connectivity index (χ4n) is 3.07. The molecule has 132 valence electrons. The number of imidazole rings is 2. The Morgan fingerprint density at radius 3 is 2.15 bits per heavy atom. The van der Waals surface area contributed by atoms with Crippen molar-refractivity contribution in [3.63, 3.8) is 0 Å². The first-order chi connectivity index (χ1) is 12.5. The van der Waals surface area contributed by atoms with Crippen molar-refractivity contribution in [2.75, 3.05) is 0 Å². The van der Waals surface area contributed by atoms with Crippen LogP contribution in [-0.2, 0) is 11.2 Å². The highest BCUT2D eigenvalue weighted by molar-refractivity contribution is 5.82. The molecule has 8 heteroatoms. The largest absolute Gasteiger partial charge is 0.349 e. The maximum Gasteiger partial charge on any atom is 0.323 e. The van der Waals surface area contributed by atoms with Crippen molar-refractivity contribution in [2.24, 2.45) is 0 Å². The van der Waals surface area contributed by atoms with Crippen LogP contribution in [0.4, 0.5) is 0 Å². The quantitative estimate of drug-likeness (QED) is 0.382. The SMILES string of the molecule is CC(NC(=O)Cc1ccc2[nH]c(=O)[nH]c2c1)c1ccc2[nH]c(=O)[nH]c2c1. The Bertz CT molecular complexity index is 1230. The highest BCUT2D eigenvalue weighted by atomic mass is 16.2. The van der Waals surface area contributed by atoms with Gasteiger partial charge in [0.2, 0.25) is 5.91 Å². The molecule has 1 unspecified atom stereocenters. The lowest BCUT2D eigenvalue weighted by Gasteiger charge is -2.14. The summed E-state index contributed by atoms with van der Waals surface area (Å²) in [6.45, 7) is 1.89. The standard InChI is InChI=1S/C18H17N5O3/c1-9(11-3-5-13-15(8-11)23-18(26)21-13)19-16(24)7-10-2-4-12-14(6-10)22-17(25)20-12/h2-6,8-9H,7H2,1H3,(H,19,24)(H2,20,22,25)(H2,21,23,26). The van der Waals surface area contributed by atoms with Crippen LogP contribution in [0.2, 0.25) is 0 Å². The van der Waals surface area contributed by atoms with Crippen LogP contribution in [-0.4, -0.2) is 25.8 Å². The fourth-order valence-corrected chi connectivity index (χ4v) is 3.07. The zero-order chi connectivity index (χ0) is 18.3. The molecular weight excluding hydrogens is 334 g/mol. The van der Waals surface area contributed by atoms with Crippen molar-refractivity contribution in [1.29, 1.82) is 0 Å². The molecule has 2 aromatic heterocycles. The van der Waals surface area contributed by atoms with Crippen LogP contribution < -0.4 is 16.7 Å². The highest BCUT2D eigenvalue weighted by Gasteiger charge is 2.12. The van der Waals surface area contributed by atoms with Gasteiger partial charge in [-0.15, -0.1) is 0 Å². The third kappa shape index (κ3) is 3.04. The van der Waals surface area contributed by atoms with Crippen LogP contribution in [0.1, 0.15) is 24.1 Å². The molecule has 0 fully saturated rings. The van der Waals surface area contributed by atoms with E-state index in [2.05, 4.69) is 25.3 Å². The van der Waals surface area contributed by atoms with Crippen LogP contribution in [0.5, 0.6) is 0 Å². The zero-order valence-corrected chi connectivity index (χ0v) is 14.0. The molecule has 2 aromatic carbocycles. The molecule has 0 aliphatic heterocycles. The summed E-state index contributed by atoms with van der Waals surface area (Å²) in [5.41, 5.74) is 3.99. The number of H-pyrrole nitrogens is 4. The lowest BCUT2D eigenvalue weighted by Crippen LogP contribution is -2.28. The summed E-state index contributed by atoms with van der Waals surface area (Å²) < 4.78 is 0. The molecule has 26 heavy (non-hydrogen) atoms. The molecular formula is C18H17N5O3. The maximum atomic E-state index is 12.4. The molecule has 4 aromatic rings. The average Bonchev–Trinajstić information content (AvgIpc) is 3.13. The third-order valence-corrected chi connectivity index (χ3v) is 4.36.